The zero-order valence-electron chi connectivity index (χ0n) is 22.0. The van der Waals surface area contributed by atoms with E-state index in [9.17, 15) is 18.7 Å². The van der Waals surface area contributed by atoms with Gasteiger partial charge in [0.15, 0.2) is 0 Å². The van der Waals surface area contributed by atoms with E-state index in [1.165, 1.54) is 0 Å². The number of carboxylic acids is 1. The van der Waals surface area contributed by atoms with Gasteiger partial charge >= 0.3 is 5.97 Å². The first kappa shape index (κ1) is 28.6. The highest BCUT2D eigenvalue weighted by molar-refractivity contribution is 5.85. The normalized spacial score (nSPS) is 16.2. The number of likely N-dealkylation sites (tertiary alicyclic amines) is 1. The third kappa shape index (κ3) is 7.19. The number of ether oxygens (including phenoxy) is 2. The molecule has 1 atom stereocenters. The number of hydrogen-bond acceptors (Lipinski definition) is 6. The van der Waals surface area contributed by atoms with Crippen molar-refractivity contribution in [3.8, 4) is 11.5 Å². The van der Waals surface area contributed by atoms with Crippen LogP contribution in [-0.4, -0.2) is 54.3 Å². The molecule has 0 radical (unpaired) electrons. The van der Waals surface area contributed by atoms with Crippen LogP contribution in [0.3, 0.4) is 0 Å². The molecule has 1 aliphatic rings. The largest absolute Gasteiger partial charge is 0.497 e. The number of fused-ring (bicyclic) bond motifs is 1. The van der Waals surface area contributed by atoms with E-state index >= 15 is 4.39 Å². The van der Waals surface area contributed by atoms with Crippen molar-refractivity contribution in [2.45, 2.75) is 44.8 Å². The molecule has 1 saturated heterocycles. The van der Waals surface area contributed by atoms with Crippen molar-refractivity contribution in [1.82, 2.24) is 9.88 Å². The summed E-state index contributed by atoms with van der Waals surface area (Å²) >= 11 is 0. The lowest BCUT2D eigenvalue weighted by Gasteiger charge is -2.41. The highest BCUT2D eigenvalue weighted by atomic mass is 19.1. The van der Waals surface area contributed by atoms with Crippen molar-refractivity contribution < 1.29 is 32.5 Å². The van der Waals surface area contributed by atoms with Crippen LogP contribution in [-0.2, 0) is 11.3 Å². The van der Waals surface area contributed by atoms with Gasteiger partial charge in [-0.05, 0) is 68.0 Å². The summed E-state index contributed by atoms with van der Waals surface area (Å²) in [6, 6.07) is 8.35. The molecule has 10 heteroatoms. The molecule has 0 unspecified atom stereocenters. The van der Waals surface area contributed by atoms with Crippen molar-refractivity contribution >= 4 is 16.9 Å². The van der Waals surface area contributed by atoms with Crippen molar-refractivity contribution in [3.05, 3.63) is 65.4 Å². The maximum Gasteiger partial charge on any atom is 0.303 e. The Balaban J connectivity index is 1.40. The summed E-state index contributed by atoms with van der Waals surface area (Å²) in [6.07, 6.45) is 1.97. The zero-order valence-corrected chi connectivity index (χ0v) is 22.0. The topological polar surface area (TPSA) is 97.9 Å². The van der Waals surface area contributed by atoms with E-state index in [0.29, 0.717) is 66.7 Å². The molecule has 7 nitrogen and oxygen atoms in total. The van der Waals surface area contributed by atoms with Crippen molar-refractivity contribution in [3.63, 3.8) is 0 Å². The fourth-order valence-corrected chi connectivity index (χ4v) is 5.46. The van der Waals surface area contributed by atoms with Gasteiger partial charge in [0.25, 0.3) is 0 Å². The molecule has 39 heavy (non-hydrogen) atoms. The van der Waals surface area contributed by atoms with E-state index in [-0.39, 0.29) is 31.7 Å². The van der Waals surface area contributed by atoms with E-state index in [2.05, 4.69) is 9.88 Å². The van der Waals surface area contributed by atoms with Gasteiger partial charge in [0, 0.05) is 48.4 Å². The van der Waals surface area contributed by atoms with Gasteiger partial charge in [-0.15, -0.1) is 0 Å². The van der Waals surface area contributed by atoms with E-state index in [1.54, 1.807) is 31.5 Å². The highest BCUT2D eigenvalue weighted by Gasteiger charge is 2.37. The van der Waals surface area contributed by atoms with E-state index in [0.717, 1.165) is 18.2 Å². The smallest absolute Gasteiger partial charge is 0.303 e. The van der Waals surface area contributed by atoms with Gasteiger partial charge in [-0.2, -0.15) is 0 Å². The molecular formula is C29H34F3N3O4. The Morgan fingerprint density at radius 1 is 1.15 bits per heavy atom. The molecule has 3 aromatic rings. The minimum atomic E-state index is -1.34. The fourth-order valence-electron chi connectivity index (χ4n) is 5.46. The number of carbonyl (C=O) groups is 1. The Morgan fingerprint density at radius 2 is 1.87 bits per heavy atom. The van der Waals surface area contributed by atoms with E-state index < -0.39 is 29.2 Å². The number of carboxylic acid groups (broad SMARTS) is 1. The lowest BCUT2D eigenvalue weighted by molar-refractivity contribution is -0.141. The Kier molecular flexibility index (Phi) is 9.29. The third-order valence-electron chi connectivity index (χ3n) is 7.62. The number of aliphatic carboxylic acids is 1. The number of aromatic nitrogens is 1. The zero-order chi connectivity index (χ0) is 28.0. The van der Waals surface area contributed by atoms with Crippen molar-refractivity contribution in [2.75, 3.05) is 33.4 Å². The number of nitrogens with two attached hydrogens (primary N) is 1. The number of piperidine rings is 1. The third-order valence-corrected chi connectivity index (χ3v) is 7.62. The molecule has 2 aromatic carbocycles. The SMILES string of the molecule is COc1ccc2ncc(CN)c([C@H](F)CCC3(CC(=O)O)CCN(CCOc4cc(F)cc(F)c4)CC3)c2c1. The molecule has 0 amide bonds. The minimum Gasteiger partial charge on any atom is -0.497 e. The maximum absolute atomic E-state index is 15.9. The number of benzene rings is 2. The molecular weight excluding hydrogens is 511 g/mol. The first-order chi connectivity index (χ1) is 18.7. The summed E-state index contributed by atoms with van der Waals surface area (Å²) in [5.74, 6) is -1.60. The Bertz CT molecular complexity index is 1270. The monoisotopic (exact) mass is 545 g/mol. The first-order valence-electron chi connectivity index (χ1n) is 13.0. The molecule has 0 aliphatic carbocycles. The van der Waals surface area contributed by atoms with Gasteiger partial charge in [-0.25, -0.2) is 13.2 Å². The number of methoxy groups -OCH3 is 1. The highest BCUT2D eigenvalue weighted by Crippen LogP contribution is 2.43. The van der Waals surface area contributed by atoms with E-state index in [1.807, 2.05) is 0 Å². The van der Waals surface area contributed by atoms with Gasteiger partial charge in [0.2, 0.25) is 0 Å². The predicted molar refractivity (Wildman–Crippen MR) is 141 cm³/mol. The molecule has 1 aliphatic heterocycles. The van der Waals surface area contributed by atoms with Gasteiger partial charge in [-0.3, -0.25) is 14.7 Å². The molecule has 0 spiro atoms. The number of nitrogens with zero attached hydrogens (tertiary/aromatic N) is 2. The number of pyridine rings is 1. The maximum atomic E-state index is 15.9. The molecule has 4 rings (SSSR count). The average Bonchev–Trinajstić information content (AvgIpc) is 2.91. The summed E-state index contributed by atoms with van der Waals surface area (Å²) in [6.45, 7) is 2.14. The molecule has 210 valence electrons. The van der Waals surface area contributed by atoms with E-state index in [4.69, 9.17) is 15.2 Å². The summed E-state index contributed by atoms with van der Waals surface area (Å²) in [5.41, 5.74) is 7.12. The number of rotatable bonds is 12. The van der Waals surface area contributed by atoms with Crippen LogP contribution in [0, 0.1) is 17.0 Å². The van der Waals surface area contributed by atoms with Crippen LogP contribution in [0.15, 0.2) is 42.6 Å². The van der Waals surface area contributed by atoms with Gasteiger partial charge in [0.05, 0.1) is 19.0 Å². The summed E-state index contributed by atoms with van der Waals surface area (Å²) in [4.78, 5) is 18.3. The number of hydrogen-bond donors (Lipinski definition) is 2. The van der Waals surface area contributed by atoms with Crippen LogP contribution in [0.4, 0.5) is 13.2 Å². The molecule has 3 N–H and O–H groups in total. The second-order valence-electron chi connectivity index (χ2n) is 10.2. The molecule has 1 aromatic heterocycles. The van der Waals surface area contributed by atoms with Crippen LogP contribution in [0.25, 0.3) is 10.9 Å². The minimum absolute atomic E-state index is 0.0404. The Labute approximate surface area is 225 Å². The summed E-state index contributed by atoms with van der Waals surface area (Å²) < 4.78 is 53.5. The lowest BCUT2D eigenvalue weighted by atomic mass is 9.71. The van der Waals surface area contributed by atoms with Crippen LogP contribution in [0.2, 0.25) is 0 Å². The lowest BCUT2D eigenvalue weighted by Crippen LogP contribution is -2.42. The number of alkyl halides is 1. The second kappa shape index (κ2) is 12.7. The predicted octanol–water partition coefficient (Wildman–Crippen LogP) is 5.41. The quantitative estimate of drug-likeness (QED) is 0.314. The Morgan fingerprint density at radius 3 is 2.51 bits per heavy atom. The fraction of sp³-hybridized carbons (Fsp3) is 0.448. The van der Waals surface area contributed by atoms with Gasteiger partial charge < -0.3 is 20.3 Å². The molecule has 0 saturated carbocycles. The van der Waals surface area contributed by atoms with Crippen molar-refractivity contribution in [2.24, 2.45) is 11.1 Å². The first-order valence-corrected chi connectivity index (χ1v) is 13.0. The van der Waals surface area contributed by atoms with Crippen LogP contribution in [0.5, 0.6) is 11.5 Å². The summed E-state index contributed by atoms with van der Waals surface area (Å²) in [5, 5.41) is 10.3. The standard InChI is InChI=1S/C29H34F3N3O4/c1-38-22-2-3-26-24(15-22)28(19(17-33)18-34-26)25(32)4-5-29(16-27(36)37)6-8-35(9-7-29)10-11-39-23-13-20(30)12-21(31)14-23/h2-3,12-15,18,25H,4-11,16-17,33H2,1H3,(H,36,37)/t25-/m1/s1. The molecule has 2 heterocycles. The Hall–Kier alpha value is -3.37. The second-order valence-corrected chi connectivity index (χ2v) is 10.2. The van der Waals surface area contributed by atoms with Crippen LogP contribution >= 0.6 is 0 Å². The van der Waals surface area contributed by atoms with Crippen LogP contribution < -0.4 is 15.2 Å². The molecule has 0 bridgehead atoms. The van der Waals surface area contributed by atoms with Crippen molar-refractivity contribution in [1.29, 1.82) is 0 Å². The van der Waals surface area contributed by atoms with Crippen LogP contribution in [0.1, 0.15) is 49.4 Å². The average molecular weight is 546 g/mol. The number of halogens is 3. The van der Waals surface area contributed by atoms with Gasteiger partial charge in [-0.1, -0.05) is 0 Å². The summed E-state index contributed by atoms with van der Waals surface area (Å²) in [7, 11) is 1.55. The van der Waals surface area contributed by atoms with Gasteiger partial charge in [0.1, 0.15) is 35.9 Å². The molecule has 1 fully saturated rings.